The van der Waals surface area contributed by atoms with Gasteiger partial charge in [0.05, 0.1) is 24.2 Å². The first kappa shape index (κ1) is 19.8. The molecule has 156 valence electrons. The fourth-order valence-corrected chi connectivity index (χ4v) is 4.98. The molecule has 0 amide bonds. The third-order valence-corrected chi connectivity index (χ3v) is 6.61. The van der Waals surface area contributed by atoms with Gasteiger partial charge in [-0.25, -0.2) is 0 Å². The predicted molar refractivity (Wildman–Crippen MR) is 125 cm³/mol. The zero-order valence-electron chi connectivity index (χ0n) is 17.2. The Bertz CT molecular complexity index is 1060. The highest BCUT2D eigenvalue weighted by atomic mass is 32.2. The van der Waals surface area contributed by atoms with E-state index in [9.17, 15) is 0 Å². The summed E-state index contributed by atoms with van der Waals surface area (Å²) in [6.07, 6.45) is 0. The highest BCUT2D eigenvalue weighted by Crippen LogP contribution is 2.41. The number of nitrogens with zero attached hydrogens (tertiary/aromatic N) is 4. The van der Waals surface area contributed by atoms with E-state index >= 15 is 0 Å². The van der Waals surface area contributed by atoms with Crippen molar-refractivity contribution in [3.63, 3.8) is 0 Å². The number of hydrogen-bond donors (Lipinski definition) is 0. The summed E-state index contributed by atoms with van der Waals surface area (Å²) in [4.78, 5) is 2.26. The lowest BCUT2D eigenvalue weighted by Gasteiger charge is -2.28. The van der Waals surface area contributed by atoms with Crippen LogP contribution in [-0.4, -0.2) is 41.1 Å². The molecule has 6 heteroatoms. The molecule has 5 nitrogen and oxygen atoms in total. The van der Waals surface area contributed by atoms with E-state index in [0.29, 0.717) is 13.2 Å². The molecule has 1 aliphatic rings. The highest BCUT2D eigenvalue weighted by molar-refractivity contribution is 7.99. The van der Waals surface area contributed by atoms with E-state index in [2.05, 4.69) is 105 Å². The SMILES string of the molecule is c1ccc(C(Sc2nnc(N3CCOCC3)n2-c2ccccc2)c2ccccc2)cc1. The van der Waals surface area contributed by atoms with Gasteiger partial charge in [0.1, 0.15) is 0 Å². The van der Waals surface area contributed by atoms with Crippen LogP contribution in [0.3, 0.4) is 0 Å². The van der Waals surface area contributed by atoms with Crippen LogP contribution in [0.25, 0.3) is 5.69 Å². The smallest absolute Gasteiger partial charge is 0.232 e. The Kier molecular flexibility index (Phi) is 6.00. The molecule has 1 aromatic heterocycles. The van der Waals surface area contributed by atoms with E-state index in [0.717, 1.165) is 29.9 Å². The van der Waals surface area contributed by atoms with Crippen LogP contribution in [0.5, 0.6) is 0 Å². The fourth-order valence-electron chi connectivity index (χ4n) is 3.80. The summed E-state index contributed by atoms with van der Waals surface area (Å²) < 4.78 is 7.72. The van der Waals surface area contributed by atoms with E-state index in [1.54, 1.807) is 11.8 Å². The molecule has 3 aromatic carbocycles. The number of hydrogen-bond acceptors (Lipinski definition) is 5. The number of morpholine rings is 1. The number of benzene rings is 3. The first-order valence-corrected chi connectivity index (χ1v) is 11.4. The van der Waals surface area contributed by atoms with Crippen molar-refractivity contribution in [1.29, 1.82) is 0 Å². The summed E-state index contributed by atoms with van der Waals surface area (Å²) >= 11 is 1.73. The third kappa shape index (κ3) is 4.36. The van der Waals surface area contributed by atoms with Crippen molar-refractivity contribution >= 4 is 17.7 Å². The Morgan fingerprint density at radius 2 is 1.26 bits per heavy atom. The van der Waals surface area contributed by atoms with Gasteiger partial charge in [0.25, 0.3) is 0 Å². The summed E-state index contributed by atoms with van der Waals surface area (Å²) in [6.45, 7) is 3.05. The molecule has 1 fully saturated rings. The second kappa shape index (κ2) is 9.37. The van der Waals surface area contributed by atoms with Crippen molar-refractivity contribution in [1.82, 2.24) is 14.8 Å². The Morgan fingerprint density at radius 3 is 1.84 bits per heavy atom. The highest BCUT2D eigenvalue weighted by Gasteiger charge is 2.25. The molecule has 0 unspecified atom stereocenters. The van der Waals surface area contributed by atoms with Crippen LogP contribution in [-0.2, 0) is 4.74 Å². The quantitative estimate of drug-likeness (QED) is 0.405. The zero-order chi connectivity index (χ0) is 20.9. The second-order valence-corrected chi connectivity index (χ2v) is 8.44. The van der Waals surface area contributed by atoms with E-state index in [4.69, 9.17) is 4.74 Å². The second-order valence-electron chi connectivity index (χ2n) is 7.37. The average molecular weight is 429 g/mol. The molecule has 31 heavy (non-hydrogen) atoms. The molecule has 4 aromatic rings. The van der Waals surface area contributed by atoms with Crippen molar-refractivity contribution in [2.45, 2.75) is 10.4 Å². The molecule has 1 aliphatic heterocycles. The minimum absolute atomic E-state index is 0.117. The lowest BCUT2D eigenvalue weighted by molar-refractivity contribution is 0.122. The number of aromatic nitrogens is 3. The number of para-hydroxylation sites is 1. The van der Waals surface area contributed by atoms with Gasteiger partial charge < -0.3 is 9.64 Å². The van der Waals surface area contributed by atoms with Gasteiger partial charge in [-0.05, 0) is 23.3 Å². The number of anilines is 1. The van der Waals surface area contributed by atoms with Gasteiger partial charge in [0.2, 0.25) is 5.95 Å². The van der Waals surface area contributed by atoms with Crippen molar-refractivity contribution in [3.05, 3.63) is 102 Å². The molecule has 0 atom stereocenters. The fraction of sp³-hybridized carbons (Fsp3) is 0.200. The molecule has 1 saturated heterocycles. The summed E-state index contributed by atoms with van der Waals surface area (Å²) in [5, 5.41) is 10.3. The maximum absolute atomic E-state index is 5.55. The van der Waals surface area contributed by atoms with Gasteiger partial charge in [0.15, 0.2) is 5.16 Å². The van der Waals surface area contributed by atoms with Crippen LogP contribution in [0.1, 0.15) is 16.4 Å². The van der Waals surface area contributed by atoms with Crippen LogP contribution < -0.4 is 4.90 Å². The van der Waals surface area contributed by atoms with Crippen LogP contribution in [0.15, 0.2) is 96.2 Å². The molecule has 0 bridgehead atoms. The summed E-state index contributed by atoms with van der Waals surface area (Å²) in [7, 11) is 0. The van der Waals surface area contributed by atoms with Gasteiger partial charge in [-0.2, -0.15) is 0 Å². The summed E-state index contributed by atoms with van der Waals surface area (Å²) in [6, 6.07) is 31.5. The minimum Gasteiger partial charge on any atom is -0.378 e. The maximum Gasteiger partial charge on any atom is 0.232 e. The van der Waals surface area contributed by atoms with Crippen molar-refractivity contribution in [2.75, 3.05) is 31.2 Å². The molecular formula is C25H24N4OS. The first-order chi connectivity index (χ1) is 15.4. The molecule has 0 N–H and O–H groups in total. The van der Waals surface area contributed by atoms with Crippen LogP contribution in [0.4, 0.5) is 5.95 Å². The van der Waals surface area contributed by atoms with E-state index in [1.807, 2.05) is 6.07 Å². The van der Waals surface area contributed by atoms with E-state index in [-0.39, 0.29) is 5.25 Å². The third-order valence-electron chi connectivity index (χ3n) is 5.35. The van der Waals surface area contributed by atoms with E-state index in [1.165, 1.54) is 11.1 Å². The topological polar surface area (TPSA) is 43.2 Å². The van der Waals surface area contributed by atoms with Crippen molar-refractivity contribution < 1.29 is 4.74 Å². The Morgan fingerprint density at radius 1 is 0.710 bits per heavy atom. The number of ether oxygens (including phenoxy) is 1. The van der Waals surface area contributed by atoms with Gasteiger partial charge in [-0.3, -0.25) is 4.57 Å². The lowest BCUT2D eigenvalue weighted by atomic mass is 10.0. The van der Waals surface area contributed by atoms with Crippen LogP contribution in [0, 0.1) is 0 Å². The molecule has 0 spiro atoms. The molecule has 0 aliphatic carbocycles. The largest absolute Gasteiger partial charge is 0.378 e. The van der Waals surface area contributed by atoms with E-state index < -0.39 is 0 Å². The van der Waals surface area contributed by atoms with Gasteiger partial charge in [0, 0.05) is 13.1 Å². The number of rotatable bonds is 6. The monoisotopic (exact) mass is 428 g/mol. The molecule has 5 rings (SSSR count). The Labute approximate surface area is 186 Å². The molecule has 0 saturated carbocycles. The maximum atomic E-state index is 5.55. The summed E-state index contributed by atoms with van der Waals surface area (Å²) in [5.41, 5.74) is 3.56. The predicted octanol–water partition coefficient (Wildman–Crippen LogP) is 4.99. The minimum atomic E-state index is 0.117. The molecular weight excluding hydrogens is 404 g/mol. The van der Waals surface area contributed by atoms with Gasteiger partial charge in [-0.15, -0.1) is 10.2 Å². The normalized spacial score (nSPS) is 14.2. The zero-order valence-corrected chi connectivity index (χ0v) is 18.0. The Hall–Kier alpha value is -3.09. The lowest BCUT2D eigenvalue weighted by Crippen LogP contribution is -2.37. The van der Waals surface area contributed by atoms with Crippen LogP contribution in [0.2, 0.25) is 0 Å². The Balaban J connectivity index is 1.58. The number of thioether (sulfide) groups is 1. The first-order valence-electron chi connectivity index (χ1n) is 10.5. The van der Waals surface area contributed by atoms with Gasteiger partial charge >= 0.3 is 0 Å². The standard InChI is InChI=1S/C25H24N4OS/c1-4-10-20(11-5-1)23(21-12-6-2-7-13-21)31-25-27-26-24(28-16-18-30-19-17-28)29(25)22-14-8-3-9-15-22/h1-15,23H,16-19H2. The summed E-state index contributed by atoms with van der Waals surface area (Å²) in [5.74, 6) is 0.872. The average Bonchev–Trinajstić information content (AvgIpc) is 3.28. The van der Waals surface area contributed by atoms with Gasteiger partial charge in [-0.1, -0.05) is 90.6 Å². The van der Waals surface area contributed by atoms with Crippen molar-refractivity contribution in [2.24, 2.45) is 0 Å². The van der Waals surface area contributed by atoms with Crippen molar-refractivity contribution in [3.8, 4) is 5.69 Å². The molecule has 0 radical (unpaired) electrons. The molecule has 2 heterocycles. The van der Waals surface area contributed by atoms with Crippen LogP contribution >= 0.6 is 11.8 Å².